The summed E-state index contributed by atoms with van der Waals surface area (Å²) < 4.78 is 5.39. The van der Waals surface area contributed by atoms with Crippen molar-refractivity contribution in [1.82, 2.24) is 4.98 Å². The van der Waals surface area contributed by atoms with Crippen molar-refractivity contribution in [3.05, 3.63) is 66.2 Å². The molecule has 148 valence electrons. The van der Waals surface area contributed by atoms with E-state index >= 15 is 0 Å². The summed E-state index contributed by atoms with van der Waals surface area (Å²) in [6.07, 6.45) is 1.64. The van der Waals surface area contributed by atoms with E-state index in [1.807, 2.05) is 55.5 Å². The van der Waals surface area contributed by atoms with Crippen molar-refractivity contribution in [1.29, 1.82) is 0 Å². The summed E-state index contributed by atoms with van der Waals surface area (Å²) >= 11 is 0. The van der Waals surface area contributed by atoms with Gasteiger partial charge in [0.05, 0.1) is 24.9 Å². The molecule has 0 aliphatic carbocycles. The molecule has 3 aromatic rings. The van der Waals surface area contributed by atoms with Crippen LogP contribution in [0.2, 0.25) is 0 Å². The summed E-state index contributed by atoms with van der Waals surface area (Å²) in [4.78, 5) is 4.44. The second kappa shape index (κ2) is 8.67. The average molecular weight is 382 g/mol. The van der Waals surface area contributed by atoms with Gasteiger partial charge in [-0.3, -0.25) is 0 Å². The molecule has 28 heavy (non-hydrogen) atoms. The molecule has 3 rings (SSSR count). The second-order valence-corrected chi connectivity index (χ2v) is 7.08. The number of aliphatic hydroxyl groups is 3. The maximum Gasteiger partial charge on any atom is 0.194 e. The number of nitrogens with two attached hydrogens (primary N) is 1. The molecule has 6 heteroatoms. The van der Waals surface area contributed by atoms with E-state index in [1.165, 1.54) is 0 Å². The Morgan fingerprint density at radius 3 is 2.00 bits per heavy atom. The van der Waals surface area contributed by atoms with Gasteiger partial charge in [-0.1, -0.05) is 55.5 Å². The van der Waals surface area contributed by atoms with Crippen LogP contribution in [0.4, 0.5) is 0 Å². The van der Waals surface area contributed by atoms with Gasteiger partial charge < -0.3 is 25.5 Å². The number of aromatic nitrogens is 1. The monoisotopic (exact) mass is 382 g/mol. The van der Waals surface area contributed by atoms with E-state index in [0.29, 0.717) is 5.56 Å². The molecule has 1 heterocycles. The van der Waals surface area contributed by atoms with E-state index in [9.17, 15) is 15.3 Å². The number of hydrogen-bond acceptors (Lipinski definition) is 6. The number of hydrogen-bond donors (Lipinski definition) is 4. The van der Waals surface area contributed by atoms with E-state index in [-0.39, 0.29) is 6.42 Å². The topological polar surface area (TPSA) is 113 Å². The van der Waals surface area contributed by atoms with Crippen LogP contribution < -0.4 is 5.73 Å². The highest BCUT2D eigenvalue weighted by atomic mass is 16.3. The van der Waals surface area contributed by atoms with Crippen LogP contribution in [0.1, 0.15) is 30.9 Å². The van der Waals surface area contributed by atoms with Crippen molar-refractivity contribution in [3.8, 4) is 22.4 Å². The molecule has 1 unspecified atom stereocenters. The van der Waals surface area contributed by atoms with Crippen molar-refractivity contribution in [3.63, 3.8) is 0 Å². The van der Waals surface area contributed by atoms with Gasteiger partial charge in [0.25, 0.3) is 0 Å². The molecule has 5 N–H and O–H groups in total. The lowest BCUT2D eigenvalue weighted by Crippen LogP contribution is -2.48. The molecule has 0 saturated carbocycles. The largest absolute Gasteiger partial charge is 0.448 e. The van der Waals surface area contributed by atoms with Gasteiger partial charge >= 0.3 is 0 Å². The predicted octanol–water partition coefficient (Wildman–Crippen LogP) is 2.68. The van der Waals surface area contributed by atoms with Gasteiger partial charge in [-0.15, -0.1) is 0 Å². The molecule has 0 aliphatic rings. The summed E-state index contributed by atoms with van der Waals surface area (Å²) in [7, 11) is 0. The first-order chi connectivity index (χ1) is 13.5. The highest BCUT2D eigenvalue weighted by Crippen LogP contribution is 2.28. The van der Waals surface area contributed by atoms with Crippen LogP contribution in [0.5, 0.6) is 0 Å². The summed E-state index contributed by atoms with van der Waals surface area (Å²) in [5.41, 5.74) is 9.21. The van der Waals surface area contributed by atoms with Gasteiger partial charge in [-0.25, -0.2) is 4.98 Å². The fourth-order valence-electron chi connectivity index (χ4n) is 3.02. The first kappa shape index (κ1) is 20.2. The third kappa shape index (κ3) is 4.48. The fourth-order valence-corrected chi connectivity index (χ4v) is 3.02. The second-order valence-electron chi connectivity index (χ2n) is 7.08. The van der Waals surface area contributed by atoms with E-state index in [0.717, 1.165) is 34.7 Å². The summed E-state index contributed by atoms with van der Waals surface area (Å²) in [6.45, 7) is 1.22. The summed E-state index contributed by atoms with van der Waals surface area (Å²) in [5.74, 6) is 0.720. The number of nitrogens with zero attached hydrogens (tertiary/aromatic N) is 1. The summed E-state index contributed by atoms with van der Waals surface area (Å²) in [5, 5.41) is 28.9. The average Bonchev–Trinajstić information content (AvgIpc) is 3.23. The van der Waals surface area contributed by atoms with Crippen molar-refractivity contribution in [2.75, 3.05) is 13.2 Å². The Morgan fingerprint density at radius 2 is 1.50 bits per heavy atom. The molecule has 0 fully saturated rings. The molecule has 1 atom stereocenters. The zero-order chi connectivity index (χ0) is 20.1. The van der Waals surface area contributed by atoms with Crippen LogP contribution in [0.3, 0.4) is 0 Å². The van der Waals surface area contributed by atoms with Crippen LogP contribution in [-0.2, 0) is 6.42 Å². The van der Waals surface area contributed by atoms with Crippen LogP contribution in [0, 0.1) is 0 Å². The van der Waals surface area contributed by atoms with Crippen molar-refractivity contribution < 1.29 is 19.7 Å². The Kier molecular flexibility index (Phi) is 6.26. The number of aliphatic hydroxyl groups excluding tert-OH is 3. The van der Waals surface area contributed by atoms with Crippen LogP contribution in [-0.4, -0.2) is 39.1 Å². The van der Waals surface area contributed by atoms with Gasteiger partial charge in [-0.2, -0.15) is 0 Å². The number of aryl methyl sites for hydroxylation is 1. The molecule has 0 aliphatic heterocycles. The minimum absolute atomic E-state index is 0.0749. The smallest absolute Gasteiger partial charge is 0.194 e. The molecule has 6 nitrogen and oxygen atoms in total. The normalized spacial score (nSPS) is 12.9. The lowest BCUT2D eigenvalue weighted by molar-refractivity contribution is 0.0618. The Labute approximate surface area is 164 Å². The molecule has 2 aromatic carbocycles. The Hall–Kier alpha value is -2.51. The summed E-state index contributed by atoms with van der Waals surface area (Å²) in [6, 6.07) is 15.5. The van der Waals surface area contributed by atoms with Crippen molar-refractivity contribution >= 4 is 0 Å². The maximum absolute atomic E-state index is 10.3. The molecule has 1 aromatic heterocycles. The van der Waals surface area contributed by atoms with Gasteiger partial charge in [0.15, 0.2) is 5.89 Å². The predicted molar refractivity (Wildman–Crippen MR) is 107 cm³/mol. The standard InChI is InChI=1S/C22H26N2O4/c1-2-21-24-19(12-28-21)17-7-3-15(4-8-17)16-5-9-18(10-6-16)20(27)11-22(23,13-25)14-26/h3-10,12,20,25-27H,2,11,13-14,23H2,1H3. The molecule has 0 bridgehead atoms. The molecule has 0 saturated heterocycles. The first-order valence-corrected chi connectivity index (χ1v) is 9.32. The number of oxazole rings is 1. The zero-order valence-electron chi connectivity index (χ0n) is 15.9. The quantitative estimate of drug-likeness (QED) is 0.476. The van der Waals surface area contributed by atoms with E-state index in [4.69, 9.17) is 10.2 Å². The minimum Gasteiger partial charge on any atom is -0.448 e. The Bertz CT molecular complexity index is 884. The Balaban J connectivity index is 1.72. The van der Waals surface area contributed by atoms with Crippen molar-refractivity contribution in [2.24, 2.45) is 5.73 Å². The first-order valence-electron chi connectivity index (χ1n) is 9.32. The lowest BCUT2D eigenvalue weighted by Gasteiger charge is -2.27. The molecule has 0 amide bonds. The van der Waals surface area contributed by atoms with E-state index < -0.39 is 24.9 Å². The maximum atomic E-state index is 10.3. The third-order valence-corrected chi connectivity index (χ3v) is 4.89. The van der Waals surface area contributed by atoms with E-state index in [1.54, 1.807) is 6.26 Å². The molecule has 0 radical (unpaired) electrons. The molecule has 0 spiro atoms. The number of rotatable bonds is 8. The lowest BCUT2D eigenvalue weighted by atomic mass is 9.91. The van der Waals surface area contributed by atoms with Gasteiger partial charge in [0.2, 0.25) is 0 Å². The van der Waals surface area contributed by atoms with Crippen molar-refractivity contribution in [2.45, 2.75) is 31.4 Å². The van der Waals surface area contributed by atoms with Crippen LogP contribution in [0.15, 0.2) is 59.2 Å². The van der Waals surface area contributed by atoms with Gasteiger partial charge in [0, 0.05) is 12.0 Å². The number of benzene rings is 2. The highest BCUT2D eigenvalue weighted by molar-refractivity contribution is 5.68. The van der Waals surface area contributed by atoms with Gasteiger partial charge in [-0.05, 0) is 23.1 Å². The molecular weight excluding hydrogens is 356 g/mol. The van der Waals surface area contributed by atoms with Gasteiger partial charge in [0.1, 0.15) is 12.0 Å². The fraction of sp³-hybridized carbons (Fsp3) is 0.318. The SMILES string of the molecule is CCc1nc(-c2ccc(-c3ccc(C(O)CC(N)(CO)CO)cc3)cc2)co1. The Morgan fingerprint density at radius 1 is 0.964 bits per heavy atom. The van der Waals surface area contributed by atoms with E-state index in [2.05, 4.69) is 4.98 Å². The third-order valence-electron chi connectivity index (χ3n) is 4.89. The minimum atomic E-state index is -1.20. The molecular formula is C22H26N2O4. The van der Waals surface area contributed by atoms with Crippen LogP contribution in [0.25, 0.3) is 22.4 Å². The highest BCUT2D eigenvalue weighted by Gasteiger charge is 2.27. The van der Waals surface area contributed by atoms with Crippen LogP contribution >= 0.6 is 0 Å². The zero-order valence-corrected chi connectivity index (χ0v) is 15.9.